The summed E-state index contributed by atoms with van der Waals surface area (Å²) in [6, 6.07) is 5.75. The minimum Gasteiger partial charge on any atom is -0.478 e. The van der Waals surface area contributed by atoms with Gasteiger partial charge in [0.25, 0.3) is 5.69 Å². The number of rotatable bonds is 5. The van der Waals surface area contributed by atoms with E-state index in [2.05, 4.69) is 5.32 Å². The summed E-state index contributed by atoms with van der Waals surface area (Å²) in [4.78, 5) is 22.3. The number of carboxylic acids is 1. The van der Waals surface area contributed by atoms with Crippen LogP contribution in [0.5, 0.6) is 0 Å². The number of nitrogens with zero attached hydrogens (tertiary/aromatic N) is 1. The van der Waals surface area contributed by atoms with Gasteiger partial charge in [-0.2, -0.15) is 0 Å². The van der Waals surface area contributed by atoms with E-state index in [0.717, 1.165) is 16.5 Å². The van der Waals surface area contributed by atoms with Crippen LogP contribution in [0.1, 0.15) is 20.8 Å². The molecule has 1 heterocycles. The SMILES string of the molecule is Cc1ccsc1CNc1ccc([N+](=O)[O-])cc1C(=O)O. The standard InChI is InChI=1S/C13H12N2O4S/c1-8-4-5-20-12(8)7-14-11-3-2-9(15(18)19)6-10(11)13(16)17/h2-6,14H,7H2,1H3,(H,16,17). The maximum atomic E-state index is 11.2. The van der Waals surface area contributed by atoms with Crippen LogP contribution in [0.25, 0.3) is 0 Å². The van der Waals surface area contributed by atoms with Crippen LogP contribution in [0, 0.1) is 17.0 Å². The van der Waals surface area contributed by atoms with E-state index in [9.17, 15) is 14.9 Å². The van der Waals surface area contributed by atoms with Gasteiger partial charge in [-0.3, -0.25) is 10.1 Å². The van der Waals surface area contributed by atoms with E-state index in [1.807, 2.05) is 18.4 Å². The van der Waals surface area contributed by atoms with Crippen molar-refractivity contribution in [1.29, 1.82) is 0 Å². The Kier molecular flexibility index (Phi) is 3.99. The number of aryl methyl sites for hydroxylation is 1. The van der Waals surface area contributed by atoms with E-state index in [0.29, 0.717) is 12.2 Å². The fourth-order valence-corrected chi connectivity index (χ4v) is 2.58. The molecule has 0 fully saturated rings. The molecule has 0 saturated heterocycles. The maximum Gasteiger partial charge on any atom is 0.338 e. The second kappa shape index (κ2) is 5.70. The van der Waals surface area contributed by atoms with Crippen LogP contribution in [0.15, 0.2) is 29.6 Å². The zero-order chi connectivity index (χ0) is 14.7. The van der Waals surface area contributed by atoms with Gasteiger partial charge in [-0.05, 0) is 30.0 Å². The molecule has 104 valence electrons. The van der Waals surface area contributed by atoms with E-state index < -0.39 is 10.9 Å². The van der Waals surface area contributed by atoms with Crippen molar-refractivity contribution >= 4 is 28.7 Å². The number of hydrogen-bond donors (Lipinski definition) is 2. The van der Waals surface area contributed by atoms with Crippen molar-refractivity contribution in [3.05, 3.63) is 55.8 Å². The molecule has 2 N–H and O–H groups in total. The van der Waals surface area contributed by atoms with E-state index in [-0.39, 0.29) is 11.3 Å². The number of nitrogens with one attached hydrogen (secondary N) is 1. The number of hydrogen-bond acceptors (Lipinski definition) is 5. The summed E-state index contributed by atoms with van der Waals surface area (Å²) in [6.07, 6.45) is 0. The number of aromatic carboxylic acids is 1. The highest BCUT2D eigenvalue weighted by atomic mass is 32.1. The van der Waals surface area contributed by atoms with E-state index >= 15 is 0 Å². The van der Waals surface area contributed by atoms with Crippen molar-refractivity contribution in [3.8, 4) is 0 Å². The molecule has 20 heavy (non-hydrogen) atoms. The van der Waals surface area contributed by atoms with Crippen LogP contribution in [0.3, 0.4) is 0 Å². The Balaban J connectivity index is 2.25. The maximum absolute atomic E-state index is 11.2. The number of nitro groups is 1. The summed E-state index contributed by atoms with van der Waals surface area (Å²) in [5.74, 6) is -1.20. The molecule has 0 aliphatic carbocycles. The monoisotopic (exact) mass is 292 g/mol. The Morgan fingerprint density at radius 3 is 2.75 bits per heavy atom. The van der Waals surface area contributed by atoms with Gasteiger partial charge in [-0.15, -0.1) is 11.3 Å². The Bertz CT molecular complexity index is 666. The van der Waals surface area contributed by atoms with Crippen LogP contribution in [-0.2, 0) is 6.54 Å². The number of anilines is 1. The zero-order valence-electron chi connectivity index (χ0n) is 10.6. The highest BCUT2D eigenvalue weighted by molar-refractivity contribution is 7.10. The van der Waals surface area contributed by atoms with E-state index in [1.54, 1.807) is 11.3 Å². The van der Waals surface area contributed by atoms with Crippen LogP contribution < -0.4 is 5.32 Å². The normalized spacial score (nSPS) is 10.2. The first-order valence-corrected chi connectivity index (χ1v) is 6.65. The third-order valence-electron chi connectivity index (χ3n) is 2.85. The Morgan fingerprint density at radius 1 is 1.45 bits per heavy atom. The first-order valence-electron chi connectivity index (χ1n) is 5.77. The van der Waals surface area contributed by atoms with Gasteiger partial charge < -0.3 is 10.4 Å². The second-order valence-corrected chi connectivity index (χ2v) is 5.17. The predicted molar refractivity (Wildman–Crippen MR) is 76.4 cm³/mol. The minimum atomic E-state index is -1.20. The highest BCUT2D eigenvalue weighted by Crippen LogP contribution is 2.24. The van der Waals surface area contributed by atoms with Crippen molar-refractivity contribution in [2.24, 2.45) is 0 Å². The minimum absolute atomic E-state index is 0.103. The van der Waals surface area contributed by atoms with Crippen molar-refractivity contribution in [3.63, 3.8) is 0 Å². The zero-order valence-corrected chi connectivity index (χ0v) is 11.4. The van der Waals surface area contributed by atoms with Gasteiger partial charge in [-0.1, -0.05) is 0 Å². The van der Waals surface area contributed by atoms with Gasteiger partial charge in [0, 0.05) is 29.2 Å². The topological polar surface area (TPSA) is 92.5 Å². The molecule has 0 aliphatic rings. The molecule has 0 amide bonds. The Morgan fingerprint density at radius 2 is 2.20 bits per heavy atom. The molecule has 2 rings (SSSR count). The lowest BCUT2D eigenvalue weighted by molar-refractivity contribution is -0.384. The summed E-state index contributed by atoms with van der Waals surface area (Å²) in [6.45, 7) is 2.46. The van der Waals surface area contributed by atoms with E-state index in [4.69, 9.17) is 5.11 Å². The molecule has 6 nitrogen and oxygen atoms in total. The van der Waals surface area contributed by atoms with Crippen LogP contribution in [0.4, 0.5) is 11.4 Å². The van der Waals surface area contributed by atoms with Crippen LogP contribution in [0.2, 0.25) is 0 Å². The van der Waals surface area contributed by atoms with Crippen LogP contribution >= 0.6 is 11.3 Å². The molecular weight excluding hydrogens is 280 g/mol. The van der Waals surface area contributed by atoms with Crippen molar-refractivity contribution in [2.75, 3.05) is 5.32 Å². The van der Waals surface area contributed by atoms with Crippen molar-refractivity contribution in [2.45, 2.75) is 13.5 Å². The molecule has 0 bridgehead atoms. The van der Waals surface area contributed by atoms with Crippen LogP contribution in [-0.4, -0.2) is 16.0 Å². The molecule has 0 spiro atoms. The number of non-ortho nitro benzene ring substituents is 1. The van der Waals surface area contributed by atoms with Gasteiger partial charge in [0.15, 0.2) is 0 Å². The van der Waals surface area contributed by atoms with Gasteiger partial charge in [0.05, 0.1) is 10.5 Å². The Hall–Kier alpha value is -2.41. The molecule has 0 atom stereocenters. The fourth-order valence-electron chi connectivity index (χ4n) is 1.74. The average Bonchev–Trinajstić information content (AvgIpc) is 2.81. The third-order valence-corrected chi connectivity index (χ3v) is 3.87. The fraction of sp³-hybridized carbons (Fsp3) is 0.154. The quantitative estimate of drug-likeness (QED) is 0.651. The number of carbonyl (C=O) groups is 1. The second-order valence-electron chi connectivity index (χ2n) is 4.17. The highest BCUT2D eigenvalue weighted by Gasteiger charge is 2.16. The summed E-state index contributed by atoms with van der Waals surface area (Å²) in [5.41, 5.74) is 1.16. The first kappa shape index (κ1) is 14.0. The molecule has 1 aromatic carbocycles. The summed E-state index contributed by atoms with van der Waals surface area (Å²) >= 11 is 1.57. The van der Waals surface area contributed by atoms with Gasteiger partial charge in [-0.25, -0.2) is 4.79 Å². The number of nitro benzene ring substituents is 1. The molecule has 0 radical (unpaired) electrons. The summed E-state index contributed by atoms with van der Waals surface area (Å²) in [5, 5.41) is 24.8. The van der Waals surface area contributed by atoms with E-state index in [1.165, 1.54) is 12.1 Å². The summed E-state index contributed by atoms with van der Waals surface area (Å²) in [7, 11) is 0. The van der Waals surface area contributed by atoms with Gasteiger partial charge >= 0.3 is 5.97 Å². The largest absolute Gasteiger partial charge is 0.478 e. The lowest BCUT2D eigenvalue weighted by Gasteiger charge is -2.09. The lowest BCUT2D eigenvalue weighted by Crippen LogP contribution is -2.07. The molecular formula is C13H12N2O4S. The molecule has 0 aliphatic heterocycles. The number of benzene rings is 1. The average molecular weight is 292 g/mol. The van der Waals surface area contributed by atoms with Crippen molar-refractivity contribution in [1.82, 2.24) is 0 Å². The number of thiophene rings is 1. The molecule has 2 aromatic rings. The van der Waals surface area contributed by atoms with Crippen molar-refractivity contribution < 1.29 is 14.8 Å². The third kappa shape index (κ3) is 2.94. The van der Waals surface area contributed by atoms with Gasteiger partial charge in [0.1, 0.15) is 0 Å². The lowest BCUT2D eigenvalue weighted by atomic mass is 10.1. The Labute approximate surface area is 118 Å². The van der Waals surface area contributed by atoms with Gasteiger partial charge in [0.2, 0.25) is 0 Å². The molecule has 0 saturated carbocycles. The molecule has 0 unspecified atom stereocenters. The summed E-state index contributed by atoms with van der Waals surface area (Å²) < 4.78 is 0. The molecule has 1 aromatic heterocycles. The number of carboxylic acid groups (broad SMARTS) is 1. The smallest absolute Gasteiger partial charge is 0.338 e. The molecule has 7 heteroatoms. The first-order chi connectivity index (χ1) is 9.49. The predicted octanol–water partition coefficient (Wildman–Crippen LogP) is 3.28.